The molecule has 0 radical (unpaired) electrons. The van der Waals surface area contributed by atoms with Gasteiger partial charge in [0.25, 0.3) is 15.9 Å². The zero-order valence-electron chi connectivity index (χ0n) is 17.9. The lowest BCUT2D eigenvalue weighted by Crippen LogP contribution is -2.48. The van der Waals surface area contributed by atoms with Crippen LogP contribution in [-0.4, -0.2) is 76.7 Å². The highest BCUT2D eigenvalue weighted by Crippen LogP contribution is 2.26. The van der Waals surface area contributed by atoms with Gasteiger partial charge in [0.1, 0.15) is 5.75 Å². The standard InChI is InChI=1S/C22H27N3O5S/c1-15-4-5-16(22(26)25-13-19-20(14-25)30-11-10-24(19)2)12-21(15)31(27,28)23-17-6-8-18(29-3)9-7-17/h4-9,12,19-20,23H,10-11,13-14H2,1-3H3. The van der Waals surface area contributed by atoms with Crippen LogP contribution in [0, 0.1) is 6.92 Å². The van der Waals surface area contributed by atoms with Gasteiger partial charge in [-0.1, -0.05) is 6.07 Å². The van der Waals surface area contributed by atoms with Crippen molar-refractivity contribution in [1.82, 2.24) is 9.80 Å². The van der Waals surface area contributed by atoms with Crippen molar-refractivity contribution in [3.8, 4) is 5.75 Å². The van der Waals surface area contributed by atoms with Gasteiger partial charge in [0.05, 0.1) is 30.8 Å². The first-order valence-electron chi connectivity index (χ1n) is 10.2. The SMILES string of the molecule is COc1ccc(NS(=O)(=O)c2cc(C(=O)N3CC4OCCN(C)C4C3)ccc2C)cc1. The largest absolute Gasteiger partial charge is 0.497 e. The van der Waals surface area contributed by atoms with E-state index in [1.165, 1.54) is 6.07 Å². The molecule has 2 aromatic rings. The first-order valence-corrected chi connectivity index (χ1v) is 11.7. The number of methoxy groups -OCH3 is 1. The van der Waals surface area contributed by atoms with E-state index in [1.807, 2.05) is 7.05 Å². The van der Waals surface area contributed by atoms with Gasteiger partial charge in [0, 0.05) is 30.9 Å². The van der Waals surface area contributed by atoms with E-state index in [2.05, 4.69) is 9.62 Å². The van der Waals surface area contributed by atoms with Crippen LogP contribution in [0.15, 0.2) is 47.4 Å². The number of hydrogen-bond acceptors (Lipinski definition) is 6. The molecule has 2 aliphatic heterocycles. The first-order chi connectivity index (χ1) is 14.8. The molecule has 2 heterocycles. The molecule has 0 aromatic heterocycles. The first kappa shape index (κ1) is 21.6. The number of nitrogens with zero attached hydrogens (tertiary/aromatic N) is 2. The molecule has 166 valence electrons. The van der Waals surface area contributed by atoms with Gasteiger partial charge in [-0.2, -0.15) is 0 Å². The Labute approximate surface area is 182 Å². The van der Waals surface area contributed by atoms with Crippen LogP contribution < -0.4 is 9.46 Å². The fourth-order valence-electron chi connectivity index (χ4n) is 4.10. The fraction of sp³-hybridized carbons (Fsp3) is 0.409. The predicted molar refractivity (Wildman–Crippen MR) is 117 cm³/mol. The Hall–Kier alpha value is -2.62. The molecule has 2 fully saturated rings. The molecule has 9 heteroatoms. The van der Waals surface area contributed by atoms with E-state index in [1.54, 1.807) is 55.3 Å². The average molecular weight is 446 g/mol. The van der Waals surface area contributed by atoms with Gasteiger partial charge < -0.3 is 14.4 Å². The second kappa shape index (κ2) is 8.49. The van der Waals surface area contributed by atoms with Gasteiger partial charge in [-0.3, -0.25) is 14.4 Å². The Morgan fingerprint density at radius 1 is 1.16 bits per heavy atom. The molecule has 2 aliphatic rings. The molecule has 2 unspecified atom stereocenters. The van der Waals surface area contributed by atoms with Crippen LogP contribution in [0.25, 0.3) is 0 Å². The predicted octanol–water partition coefficient (Wildman–Crippen LogP) is 1.96. The van der Waals surface area contributed by atoms with Crippen LogP contribution in [0.3, 0.4) is 0 Å². The smallest absolute Gasteiger partial charge is 0.262 e. The number of aryl methyl sites for hydroxylation is 1. The lowest BCUT2D eigenvalue weighted by atomic mass is 10.1. The third-order valence-electron chi connectivity index (χ3n) is 5.93. The summed E-state index contributed by atoms with van der Waals surface area (Å²) in [5.41, 5.74) is 1.33. The Balaban J connectivity index is 1.55. The van der Waals surface area contributed by atoms with Crippen molar-refractivity contribution >= 4 is 21.6 Å². The van der Waals surface area contributed by atoms with Crippen molar-refractivity contribution in [3.05, 3.63) is 53.6 Å². The van der Waals surface area contributed by atoms with Crippen LogP contribution in [0.4, 0.5) is 5.69 Å². The third kappa shape index (κ3) is 4.39. The minimum Gasteiger partial charge on any atom is -0.497 e. The maximum absolute atomic E-state index is 13.1. The molecule has 1 N–H and O–H groups in total. The number of nitrogens with one attached hydrogen (secondary N) is 1. The highest BCUT2D eigenvalue weighted by atomic mass is 32.2. The number of carbonyl (C=O) groups excluding carboxylic acids is 1. The number of likely N-dealkylation sites (tertiary alicyclic amines) is 1. The van der Waals surface area contributed by atoms with E-state index >= 15 is 0 Å². The van der Waals surface area contributed by atoms with E-state index in [-0.39, 0.29) is 22.9 Å². The van der Waals surface area contributed by atoms with Crippen molar-refractivity contribution in [3.63, 3.8) is 0 Å². The lowest BCUT2D eigenvalue weighted by molar-refractivity contribution is -0.0368. The van der Waals surface area contributed by atoms with Gasteiger partial charge in [-0.15, -0.1) is 0 Å². The summed E-state index contributed by atoms with van der Waals surface area (Å²) in [5, 5.41) is 0. The van der Waals surface area contributed by atoms with E-state index < -0.39 is 10.0 Å². The number of sulfonamides is 1. The number of morpholine rings is 1. The molecule has 4 rings (SSSR count). The molecule has 2 aromatic carbocycles. The molecule has 2 atom stereocenters. The summed E-state index contributed by atoms with van der Waals surface area (Å²) in [7, 11) is -0.284. The molecule has 1 amide bonds. The van der Waals surface area contributed by atoms with Crippen molar-refractivity contribution < 1.29 is 22.7 Å². The summed E-state index contributed by atoms with van der Waals surface area (Å²) < 4.78 is 39.6. The van der Waals surface area contributed by atoms with Crippen molar-refractivity contribution in [2.24, 2.45) is 0 Å². The monoisotopic (exact) mass is 445 g/mol. The highest BCUT2D eigenvalue weighted by Gasteiger charge is 2.40. The number of hydrogen-bond donors (Lipinski definition) is 1. The summed E-state index contributed by atoms with van der Waals surface area (Å²) in [4.78, 5) is 17.2. The maximum atomic E-state index is 13.1. The highest BCUT2D eigenvalue weighted by molar-refractivity contribution is 7.92. The number of carbonyl (C=O) groups is 1. The number of rotatable bonds is 5. The maximum Gasteiger partial charge on any atom is 0.262 e. The molecular weight excluding hydrogens is 418 g/mol. The molecule has 8 nitrogen and oxygen atoms in total. The minimum atomic E-state index is -3.87. The number of ether oxygens (including phenoxy) is 2. The van der Waals surface area contributed by atoms with Crippen LogP contribution in [0.2, 0.25) is 0 Å². The van der Waals surface area contributed by atoms with Crippen molar-refractivity contribution in [1.29, 1.82) is 0 Å². The van der Waals surface area contributed by atoms with E-state index in [0.717, 1.165) is 6.54 Å². The van der Waals surface area contributed by atoms with Crippen LogP contribution >= 0.6 is 0 Å². The van der Waals surface area contributed by atoms with Gasteiger partial charge >= 0.3 is 0 Å². The number of fused-ring (bicyclic) bond motifs is 1. The van der Waals surface area contributed by atoms with Gasteiger partial charge in [-0.25, -0.2) is 8.42 Å². The van der Waals surface area contributed by atoms with Crippen LogP contribution in [0.5, 0.6) is 5.75 Å². The Morgan fingerprint density at radius 3 is 2.58 bits per heavy atom. The minimum absolute atomic E-state index is 0.00640. The molecule has 0 spiro atoms. The van der Waals surface area contributed by atoms with Gasteiger partial charge in [0.15, 0.2) is 0 Å². The summed E-state index contributed by atoms with van der Waals surface area (Å²) in [5.74, 6) is 0.444. The quantitative estimate of drug-likeness (QED) is 0.757. The van der Waals surface area contributed by atoms with Crippen molar-refractivity contribution in [2.75, 3.05) is 45.1 Å². The summed E-state index contributed by atoms with van der Waals surface area (Å²) >= 11 is 0. The fourth-order valence-corrected chi connectivity index (χ4v) is 5.43. The molecule has 0 saturated carbocycles. The van der Waals surface area contributed by atoms with Crippen molar-refractivity contribution in [2.45, 2.75) is 24.0 Å². The van der Waals surface area contributed by atoms with E-state index in [9.17, 15) is 13.2 Å². The Kier molecular flexibility index (Phi) is 5.92. The number of amides is 1. The van der Waals surface area contributed by atoms with Gasteiger partial charge in [0.2, 0.25) is 0 Å². The zero-order valence-corrected chi connectivity index (χ0v) is 18.7. The van der Waals surface area contributed by atoms with Gasteiger partial charge in [-0.05, 0) is 55.9 Å². The topological polar surface area (TPSA) is 88.2 Å². The lowest BCUT2D eigenvalue weighted by Gasteiger charge is -2.33. The third-order valence-corrected chi connectivity index (χ3v) is 7.46. The zero-order chi connectivity index (χ0) is 22.2. The summed E-state index contributed by atoms with van der Waals surface area (Å²) in [6.45, 7) is 4.29. The molecule has 31 heavy (non-hydrogen) atoms. The number of likely N-dealkylation sites (N-methyl/N-ethyl adjacent to an activating group) is 1. The van der Waals surface area contributed by atoms with Crippen LogP contribution in [-0.2, 0) is 14.8 Å². The van der Waals surface area contributed by atoms with E-state index in [4.69, 9.17) is 9.47 Å². The second-order valence-corrected chi connectivity index (χ2v) is 9.63. The normalized spacial score (nSPS) is 21.6. The van der Waals surface area contributed by atoms with Crippen LogP contribution in [0.1, 0.15) is 15.9 Å². The number of benzene rings is 2. The molecule has 2 saturated heterocycles. The molecule has 0 bridgehead atoms. The molecular formula is C22H27N3O5S. The summed E-state index contributed by atoms with van der Waals surface area (Å²) in [6.07, 6.45) is -0.00640. The second-order valence-electron chi connectivity index (χ2n) is 7.98. The average Bonchev–Trinajstić information content (AvgIpc) is 3.19. The Bertz CT molecular complexity index is 1070. The van der Waals surface area contributed by atoms with E-state index in [0.29, 0.717) is 42.3 Å². The Morgan fingerprint density at radius 2 is 1.90 bits per heavy atom. The summed E-state index contributed by atoms with van der Waals surface area (Å²) in [6, 6.07) is 11.6. The number of anilines is 1. The molecule has 0 aliphatic carbocycles.